The quantitative estimate of drug-likeness (QED) is 0.747. The maximum atomic E-state index is 12.0. The van der Waals surface area contributed by atoms with E-state index in [1.807, 2.05) is 20.8 Å². The highest BCUT2D eigenvalue weighted by molar-refractivity contribution is 6.68. The summed E-state index contributed by atoms with van der Waals surface area (Å²) in [5, 5.41) is 4.10. The van der Waals surface area contributed by atoms with E-state index in [1.54, 1.807) is 12.4 Å². The van der Waals surface area contributed by atoms with E-state index in [4.69, 9.17) is 9.39 Å². The van der Waals surface area contributed by atoms with Gasteiger partial charge < -0.3 is 9.39 Å². The van der Waals surface area contributed by atoms with Crippen molar-refractivity contribution in [3.8, 4) is 0 Å². The summed E-state index contributed by atoms with van der Waals surface area (Å²) >= 11 is 0. The molecule has 5 nitrogen and oxygen atoms in total. The van der Waals surface area contributed by atoms with Gasteiger partial charge in [-0.15, -0.1) is 0 Å². The number of hydrogen-bond donors (Lipinski definition) is 0. The molecule has 1 fully saturated rings. The summed E-state index contributed by atoms with van der Waals surface area (Å²) in [6, 6.07) is 0. The number of nitrogens with zero attached hydrogens (tertiary/aromatic N) is 2. The van der Waals surface area contributed by atoms with Crippen molar-refractivity contribution >= 4 is 18.5 Å². The van der Waals surface area contributed by atoms with Crippen molar-refractivity contribution in [2.45, 2.75) is 66.0 Å². The number of carbonyl (C=O) groups is 1. The zero-order valence-electron chi connectivity index (χ0n) is 14.1. The lowest BCUT2D eigenvalue weighted by Gasteiger charge is -2.34. The molecule has 0 saturated carbocycles. The Morgan fingerprint density at radius 1 is 1.38 bits per heavy atom. The van der Waals surface area contributed by atoms with Gasteiger partial charge >= 0.3 is 13.0 Å². The molecule has 21 heavy (non-hydrogen) atoms. The lowest BCUT2D eigenvalue weighted by atomic mass is 9.55. The molecule has 2 rings (SSSR count). The summed E-state index contributed by atoms with van der Waals surface area (Å²) in [7, 11) is 0. The molecular weight excluding hydrogens is 267 g/mol. The molecule has 1 saturated heterocycles. The first-order chi connectivity index (χ1) is 9.41. The van der Waals surface area contributed by atoms with Gasteiger partial charge in [-0.3, -0.25) is 0 Å². The Bertz CT molecular complexity index is 527. The Morgan fingerprint density at radius 3 is 2.48 bits per heavy atom. The number of aromatic nitrogens is 2. The third-order valence-electron chi connectivity index (χ3n) is 4.32. The summed E-state index contributed by atoms with van der Waals surface area (Å²) in [5.74, 6) is 0. The Balaban J connectivity index is 2.13. The minimum Gasteiger partial charge on any atom is -0.442 e. The molecule has 0 aromatic carbocycles. The maximum Gasteiger partial charge on any atom is 0.435 e. The molecule has 0 radical (unpaired) electrons. The largest absolute Gasteiger partial charge is 0.442 e. The van der Waals surface area contributed by atoms with Crippen LogP contribution in [0.1, 0.15) is 48.5 Å². The van der Waals surface area contributed by atoms with Gasteiger partial charge in [-0.25, -0.2) is 4.79 Å². The van der Waals surface area contributed by atoms with E-state index in [9.17, 15) is 4.79 Å². The van der Waals surface area contributed by atoms with Crippen LogP contribution in [0.3, 0.4) is 0 Å². The molecule has 6 heteroatoms. The van der Waals surface area contributed by atoms with Crippen molar-refractivity contribution in [3.05, 3.63) is 12.4 Å². The average Bonchev–Trinajstić information content (AvgIpc) is 2.80. The van der Waals surface area contributed by atoms with Gasteiger partial charge in [0, 0.05) is 12.4 Å². The summed E-state index contributed by atoms with van der Waals surface area (Å²) < 4.78 is 12.7. The zero-order valence-corrected chi connectivity index (χ0v) is 14.1. The standard InChI is InChI=1S/C15H25BN2O3/c1-13(2,3)20-12(19)18-9-11(8-17-18)16-10-14(4,5)15(6,7)21-16/h8-9H,10H2,1-7H3. The molecule has 1 aromatic rings. The van der Waals surface area contributed by atoms with E-state index in [1.165, 1.54) is 4.68 Å². The Morgan fingerprint density at radius 2 is 2.00 bits per heavy atom. The van der Waals surface area contributed by atoms with Gasteiger partial charge in [0.25, 0.3) is 0 Å². The molecule has 0 atom stereocenters. The third-order valence-corrected chi connectivity index (χ3v) is 4.32. The predicted octanol–water partition coefficient (Wildman–Crippen LogP) is 2.70. The van der Waals surface area contributed by atoms with Gasteiger partial charge in [-0.1, -0.05) is 13.8 Å². The lowest BCUT2D eigenvalue weighted by molar-refractivity contribution is 0.0375. The Hall–Kier alpha value is -1.30. The van der Waals surface area contributed by atoms with Crippen LogP contribution in [0.15, 0.2) is 12.4 Å². The van der Waals surface area contributed by atoms with Crippen LogP contribution in [0, 0.1) is 5.41 Å². The molecule has 1 aliphatic rings. The molecular formula is C15H25BN2O3. The second-order valence-corrected chi connectivity index (χ2v) is 7.90. The molecule has 1 aromatic heterocycles. The van der Waals surface area contributed by atoms with Crippen LogP contribution in [0.2, 0.25) is 6.32 Å². The highest BCUT2D eigenvalue weighted by Crippen LogP contribution is 2.44. The Kier molecular flexibility index (Phi) is 3.73. The Labute approximate surface area is 127 Å². The monoisotopic (exact) mass is 292 g/mol. The van der Waals surface area contributed by atoms with Gasteiger partial charge in [0.1, 0.15) is 5.60 Å². The van der Waals surface area contributed by atoms with E-state index >= 15 is 0 Å². The number of ether oxygens (including phenoxy) is 1. The molecule has 2 heterocycles. The first kappa shape index (κ1) is 16.1. The van der Waals surface area contributed by atoms with Crippen LogP contribution in [-0.4, -0.2) is 34.0 Å². The van der Waals surface area contributed by atoms with E-state index in [0.717, 1.165) is 11.8 Å². The van der Waals surface area contributed by atoms with Crippen LogP contribution >= 0.6 is 0 Å². The average molecular weight is 292 g/mol. The lowest BCUT2D eigenvalue weighted by Crippen LogP contribution is -2.36. The van der Waals surface area contributed by atoms with Crippen LogP contribution < -0.4 is 5.46 Å². The fraction of sp³-hybridized carbons (Fsp3) is 0.733. The molecule has 0 N–H and O–H groups in total. The van der Waals surface area contributed by atoms with Crippen LogP contribution in [0.4, 0.5) is 4.79 Å². The van der Waals surface area contributed by atoms with Crippen molar-refractivity contribution in [3.63, 3.8) is 0 Å². The van der Waals surface area contributed by atoms with E-state index in [-0.39, 0.29) is 17.9 Å². The van der Waals surface area contributed by atoms with Crippen LogP contribution in [-0.2, 0) is 9.39 Å². The van der Waals surface area contributed by atoms with Crippen molar-refractivity contribution in [1.82, 2.24) is 9.78 Å². The molecule has 1 aliphatic heterocycles. The SMILES string of the molecule is CC(C)(C)OC(=O)n1cc(B2CC(C)(C)C(C)(C)O2)cn1. The molecule has 116 valence electrons. The first-order valence-electron chi connectivity index (χ1n) is 7.37. The number of carbonyl (C=O) groups excluding carboxylic acids is 1. The summed E-state index contributed by atoms with van der Waals surface area (Å²) in [6.07, 6.45) is 3.83. The van der Waals surface area contributed by atoms with Gasteiger partial charge in [-0.2, -0.15) is 9.78 Å². The minimum atomic E-state index is -0.531. The minimum absolute atomic E-state index is 0.0359. The fourth-order valence-electron chi connectivity index (χ4n) is 2.36. The van der Waals surface area contributed by atoms with Crippen molar-refractivity contribution in [2.75, 3.05) is 0 Å². The van der Waals surface area contributed by atoms with Crippen molar-refractivity contribution in [1.29, 1.82) is 0 Å². The second-order valence-electron chi connectivity index (χ2n) is 7.90. The number of hydrogen-bond acceptors (Lipinski definition) is 4. The zero-order chi connectivity index (χ0) is 16.1. The smallest absolute Gasteiger partial charge is 0.435 e. The van der Waals surface area contributed by atoms with E-state index in [0.29, 0.717) is 0 Å². The second kappa shape index (κ2) is 4.87. The van der Waals surface area contributed by atoms with Gasteiger partial charge in [0.15, 0.2) is 0 Å². The van der Waals surface area contributed by atoms with E-state index < -0.39 is 11.7 Å². The van der Waals surface area contributed by atoms with Crippen molar-refractivity contribution in [2.24, 2.45) is 5.41 Å². The molecule has 0 spiro atoms. The van der Waals surface area contributed by atoms with Gasteiger partial charge in [0.05, 0.1) is 5.60 Å². The van der Waals surface area contributed by atoms with Crippen molar-refractivity contribution < 1.29 is 14.2 Å². The summed E-state index contributed by atoms with van der Waals surface area (Å²) in [4.78, 5) is 12.0. The molecule has 0 amide bonds. The molecule has 0 unspecified atom stereocenters. The number of rotatable bonds is 1. The highest BCUT2D eigenvalue weighted by atomic mass is 16.6. The van der Waals surface area contributed by atoms with Crippen LogP contribution in [0.5, 0.6) is 0 Å². The highest BCUT2D eigenvalue weighted by Gasteiger charge is 2.50. The van der Waals surface area contributed by atoms with E-state index in [2.05, 4.69) is 32.8 Å². The summed E-state index contributed by atoms with van der Waals surface area (Å²) in [6.45, 7) is 14.1. The third kappa shape index (κ3) is 3.31. The normalized spacial score (nSPS) is 20.6. The first-order valence-corrected chi connectivity index (χ1v) is 7.37. The molecule has 0 bridgehead atoms. The fourth-order valence-corrected chi connectivity index (χ4v) is 2.36. The van der Waals surface area contributed by atoms with Gasteiger partial charge in [-0.05, 0) is 51.8 Å². The van der Waals surface area contributed by atoms with Gasteiger partial charge in [0.2, 0.25) is 0 Å². The topological polar surface area (TPSA) is 53.4 Å². The predicted molar refractivity (Wildman–Crippen MR) is 83.0 cm³/mol. The maximum absolute atomic E-state index is 12.0. The van der Waals surface area contributed by atoms with Crippen LogP contribution in [0.25, 0.3) is 0 Å². The summed E-state index contributed by atoms with van der Waals surface area (Å²) in [5.41, 5.74) is 0.258. The molecule has 0 aliphatic carbocycles.